The van der Waals surface area contributed by atoms with Crippen molar-refractivity contribution in [3.63, 3.8) is 0 Å². The SMILES string of the molecule is O=S(=O)(Nc1ccc2sccc2c1)c1cc(CO)sc1Br. The molecule has 0 unspecified atom stereocenters. The number of hydrogen-bond acceptors (Lipinski definition) is 5. The maximum absolute atomic E-state index is 12.4. The molecule has 0 spiro atoms. The number of aliphatic hydroxyl groups is 1. The lowest BCUT2D eigenvalue weighted by atomic mass is 10.2. The summed E-state index contributed by atoms with van der Waals surface area (Å²) in [4.78, 5) is 0.734. The highest BCUT2D eigenvalue weighted by Crippen LogP contribution is 2.33. The maximum Gasteiger partial charge on any atom is 0.263 e. The zero-order valence-corrected chi connectivity index (χ0v) is 14.6. The molecule has 0 saturated heterocycles. The fraction of sp³-hybridized carbons (Fsp3) is 0.0769. The zero-order valence-electron chi connectivity index (χ0n) is 10.5. The molecule has 0 radical (unpaired) electrons. The van der Waals surface area contributed by atoms with E-state index in [4.69, 9.17) is 5.11 Å². The number of halogens is 1. The third kappa shape index (κ3) is 3.00. The molecule has 0 aliphatic carbocycles. The molecule has 2 N–H and O–H groups in total. The number of thiophene rings is 2. The molecule has 2 heterocycles. The summed E-state index contributed by atoms with van der Waals surface area (Å²) in [6, 6.07) is 8.85. The fourth-order valence-electron chi connectivity index (χ4n) is 1.90. The number of rotatable bonds is 4. The number of fused-ring (bicyclic) bond motifs is 1. The number of aliphatic hydroxyl groups excluding tert-OH is 1. The minimum absolute atomic E-state index is 0.141. The monoisotopic (exact) mass is 403 g/mol. The lowest BCUT2D eigenvalue weighted by Gasteiger charge is -2.07. The van der Waals surface area contributed by atoms with Crippen molar-refractivity contribution in [3.8, 4) is 0 Å². The van der Waals surface area contributed by atoms with E-state index in [0.717, 1.165) is 10.1 Å². The van der Waals surface area contributed by atoms with E-state index < -0.39 is 10.0 Å². The summed E-state index contributed by atoms with van der Waals surface area (Å²) in [5.41, 5.74) is 0.518. The summed E-state index contributed by atoms with van der Waals surface area (Å²) in [7, 11) is -3.68. The van der Waals surface area contributed by atoms with Crippen molar-refractivity contribution in [1.82, 2.24) is 0 Å². The van der Waals surface area contributed by atoms with Gasteiger partial charge in [-0.3, -0.25) is 4.72 Å². The topological polar surface area (TPSA) is 66.4 Å². The molecule has 0 bridgehead atoms. The van der Waals surface area contributed by atoms with Gasteiger partial charge in [0.2, 0.25) is 0 Å². The van der Waals surface area contributed by atoms with Gasteiger partial charge in [-0.1, -0.05) is 0 Å². The zero-order chi connectivity index (χ0) is 15.0. The van der Waals surface area contributed by atoms with Crippen LogP contribution in [0.5, 0.6) is 0 Å². The molecule has 3 aromatic rings. The van der Waals surface area contributed by atoms with E-state index in [9.17, 15) is 8.42 Å². The summed E-state index contributed by atoms with van der Waals surface area (Å²) in [5, 5.41) is 12.1. The average Bonchev–Trinajstić information content (AvgIpc) is 3.04. The van der Waals surface area contributed by atoms with Gasteiger partial charge in [-0.15, -0.1) is 22.7 Å². The van der Waals surface area contributed by atoms with E-state index in [1.807, 2.05) is 17.5 Å². The van der Waals surface area contributed by atoms with Gasteiger partial charge in [0, 0.05) is 15.3 Å². The molecule has 8 heteroatoms. The Bertz CT molecular complexity index is 898. The van der Waals surface area contributed by atoms with E-state index in [1.165, 1.54) is 17.4 Å². The van der Waals surface area contributed by atoms with Crippen LogP contribution < -0.4 is 4.72 Å². The largest absolute Gasteiger partial charge is 0.391 e. The molecule has 110 valence electrons. The second-order valence-electron chi connectivity index (χ2n) is 4.29. The number of benzene rings is 1. The van der Waals surface area contributed by atoms with Crippen molar-refractivity contribution >= 4 is 64.4 Å². The van der Waals surface area contributed by atoms with Gasteiger partial charge in [-0.2, -0.15) is 0 Å². The first-order valence-electron chi connectivity index (χ1n) is 5.89. The quantitative estimate of drug-likeness (QED) is 0.690. The normalized spacial score (nSPS) is 11.9. The maximum atomic E-state index is 12.4. The highest BCUT2D eigenvalue weighted by atomic mass is 79.9. The molecule has 0 atom stereocenters. The van der Waals surface area contributed by atoms with Gasteiger partial charge >= 0.3 is 0 Å². The van der Waals surface area contributed by atoms with E-state index in [1.54, 1.807) is 23.5 Å². The van der Waals surface area contributed by atoms with E-state index in [-0.39, 0.29) is 11.5 Å². The molecule has 0 aliphatic rings. The third-order valence-corrected chi connectivity index (χ3v) is 7.37. The van der Waals surface area contributed by atoms with Gasteiger partial charge in [-0.05, 0) is 57.0 Å². The highest BCUT2D eigenvalue weighted by Gasteiger charge is 2.21. The van der Waals surface area contributed by atoms with E-state index >= 15 is 0 Å². The van der Waals surface area contributed by atoms with Crippen LogP contribution in [-0.4, -0.2) is 13.5 Å². The van der Waals surface area contributed by atoms with Crippen molar-refractivity contribution in [2.45, 2.75) is 11.5 Å². The van der Waals surface area contributed by atoms with Crippen LogP contribution in [0.3, 0.4) is 0 Å². The molecule has 21 heavy (non-hydrogen) atoms. The van der Waals surface area contributed by atoms with E-state index in [0.29, 0.717) is 14.4 Å². The molecule has 3 rings (SSSR count). The van der Waals surface area contributed by atoms with Crippen LogP contribution in [0.4, 0.5) is 5.69 Å². The minimum atomic E-state index is -3.68. The summed E-state index contributed by atoms with van der Waals surface area (Å²) in [6.45, 7) is -0.181. The lowest BCUT2D eigenvalue weighted by Crippen LogP contribution is -2.12. The van der Waals surface area contributed by atoms with Crippen molar-refractivity contribution < 1.29 is 13.5 Å². The highest BCUT2D eigenvalue weighted by molar-refractivity contribution is 9.11. The Kier molecular flexibility index (Phi) is 4.06. The van der Waals surface area contributed by atoms with Crippen LogP contribution in [0.1, 0.15) is 4.88 Å². The summed E-state index contributed by atoms with van der Waals surface area (Å²) >= 11 is 6.04. The minimum Gasteiger partial charge on any atom is -0.391 e. The van der Waals surface area contributed by atoms with Crippen LogP contribution >= 0.6 is 38.6 Å². The molecular formula is C13H10BrNO3S3. The summed E-state index contributed by atoms with van der Waals surface area (Å²) < 4.78 is 29.0. The van der Waals surface area contributed by atoms with Crippen LogP contribution in [0, 0.1) is 0 Å². The molecule has 0 saturated carbocycles. The van der Waals surface area contributed by atoms with Gasteiger partial charge in [0.05, 0.1) is 10.4 Å². The van der Waals surface area contributed by atoms with Gasteiger partial charge in [0.15, 0.2) is 0 Å². The van der Waals surface area contributed by atoms with Crippen molar-refractivity contribution in [2.75, 3.05) is 4.72 Å². The van der Waals surface area contributed by atoms with Gasteiger partial charge in [0.25, 0.3) is 10.0 Å². The molecule has 1 aromatic carbocycles. The second-order valence-corrected chi connectivity index (χ2v) is 9.34. The van der Waals surface area contributed by atoms with Crippen LogP contribution in [0.15, 0.2) is 44.4 Å². The molecular weight excluding hydrogens is 394 g/mol. The summed E-state index contributed by atoms with van der Waals surface area (Å²) in [6.07, 6.45) is 0. The second kappa shape index (κ2) is 5.69. The lowest BCUT2D eigenvalue weighted by molar-refractivity contribution is 0.285. The van der Waals surface area contributed by atoms with Crippen LogP contribution in [-0.2, 0) is 16.6 Å². The van der Waals surface area contributed by atoms with Gasteiger partial charge in [-0.25, -0.2) is 8.42 Å². The molecule has 4 nitrogen and oxygen atoms in total. The first-order valence-corrected chi connectivity index (χ1v) is 9.86. The third-order valence-electron chi connectivity index (χ3n) is 2.86. The van der Waals surface area contributed by atoms with Crippen LogP contribution in [0.2, 0.25) is 0 Å². The van der Waals surface area contributed by atoms with E-state index in [2.05, 4.69) is 20.7 Å². The van der Waals surface area contributed by atoms with Crippen LogP contribution in [0.25, 0.3) is 10.1 Å². The predicted octanol–water partition coefficient (Wildman–Crippen LogP) is 4.02. The number of hydrogen-bond donors (Lipinski definition) is 2. The first kappa shape index (κ1) is 15.0. The number of nitrogens with one attached hydrogen (secondary N) is 1. The molecule has 0 amide bonds. The Hall–Kier alpha value is -0.930. The predicted molar refractivity (Wildman–Crippen MR) is 90.6 cm³/mol. The van der Waals surface area contributed by atoms with Gasteiger partial charge < -0.3 is 5.11 Å². The molecule has 2 aromatic heterocycles. The van der Waals surface area contributed by atoms with Crippen molar-refractivity contribution in [3.05, 3.63) is 44.4 Å². The van der Waals surface area contributed by atoms with Gasteiger partial charge in [0.1, 0.15) is 4.90 Å². The number of sulfonamides is 1. The smallest absolute Gasteiger partial charge is 0.263 e. The molecule has 0 aliphatic heterocycles. The Morgan fingerprint density at radius 3 is 2.76 bits per heavy atom. The first-order chi connectivity index (χ1) is 9.99. The Morgan fingerprint density at radius 1 is 1.24 bits per heavy atom. The van der Waals surface area contributed by atoms with Crippen molar-refractivity contribution in [2.24, 2.45) is 0 Å². The molecule has 0 fully saturated rings. The Balaban J connectivity index is 1.96. The average molecular weight is 404 g/mol. The Morgan fingerprint density at radius 2 is 2.05 bits per heavy atom. The summed E-state index contributed by atoms with van der Waals surface area (Å²) in [5.74, 6) is 0. The number of anilines is 1. The fourth-order valence-corrected chi connectivity index (χ4v) is 6.26. The Labute approximate surface area is 138 Å². The standard InChI is InChI=1S/C13H10BrNO3S3/c14-13-12(6-10(7-16)20-13)21(17,18)15-9-1-2-11-8(5-9)3-4-19-11/h1-6,15-16H,7H2. The van der Waals surface area contributed by atoms with Crippen molar-refractivity contribution in [1.29, 1.82) is 0 Å².